The molecular weight excluding hydrogens is 179 g/mol. The zero-order valence-corrected chi connectivity index (χ0v) is 7.98. The molecule has 0 radical (unpaired) electrons. The van der Waals surface area contributed by atoms with Gasteiger partial charge in [-0.3, -0.25) is 0 Å². The van der Waals surface area contributed by atoms with Crippen LogP contribution in [0.25, 0.3) is 0 Å². The molecule has 0 bridgehead atoms. The Morgan fingerprint density at radius 3 is 2.67 bits per heavy atom. The van der Waals surface area contributed by atoms with E-state index in [2.05, 4.69) is 21.2 Å². The molecule has 0 saturated carbocycles. The van der Waals surface area contributed by atoms with Gasteiger partial charge < -0.3 is 0 Å². The van der Waals surface area contributed by atoms with Crippen LogP contribution in [0.2, 0.25) is 0 Å². The Bertz CT molecular complexity index is 97.8. The molecule has 0 amide bonds. The monoisotopic (exact) mass is 188 g/mol. The fraction of sp³-hybridized carbons (Fsp3) is 0.200. The fourth-order valence-electron chi connectivity index (χ4n) is 0.576. The summed E-state index contributed by atoms with van der Waals surface area (Å²) in [5.41, 5.74) is 1.49. The quantitative estimate of drug-likeness (QED) is 0.486. The molecule has 0 nitrogen and oxygen atoms in total. The van der Waals surface area contributed by atoms with Crippen LogP contribution in [0.1, 0.15) is 6.92 Å². The van der Waals surface area contributed by atoms with Crippen molar-refractivity contribution in [1.82, 2.24) is 0 Å². The molecule has 0 spiro atoms. The maximum atomic E-state index is 2.42. The van der Waals surface area contributed by atoms with Crippen LogP contribution in [0.15, 0.2) is 19.8 Å². The SMILES string of the molecule is CC1=[CH][SnH2][CH]=C1. The van der Waals surface area contributed by atoms with E-state index in [0.29, 0.717) is 0 Å². The predicted molar refractivity (Wildman–Crippen MR) is 31.4 cm³/mol. The molecule has 0 aromatic rings. The van der Waals surface area contributed by atoms with Crippen molar-refractivity contribution in [3.8, 4) is 0 Å². The molecule has 1 heterocycles. The first kappa shape index (κ1) is 4.44. The average Bonchev–Trinajstić information content (AvgIpc) is 1.86. The zero-order chi connectivity index (χ0) is 4.41. The standard InChI is InChI=1S/C5H6.Sn.2H/c1-4-5(2)3;;;/h1-2,4H,3H3;;;. The summed E-state index contributed by atoms with van der Waals surface area (Å²) >= 11 is -0.354. The Morgan fingerprint density at radius 1 is 1.67 bits per heavy atom. The average molecular weight is 187 g/mol. The summed E-state index contributed by atoms with van der Waals surface area (Å²) in [6, 6.07) is 0. The van der Waals surface area contributed by atoms with Gasteiger partial charge in [0.25, 0.3) is 0 Å². The van der Waals surface area contributed by atoms with Gasteiger partial charge in [-0.2, -0.15) is 0 Å². The van der Waals surface area contributed by atoms with Crippen LogP contribution in [-0.4, -0.2) is 21.1 Å². The van der Waals surface area contributed by atoms with Crippen molar-refractivity contribution in [3.63, 3.8) is 0 Å². The zero-order valence-electron chi connectivity index (χ0n) is 3.94. The summed E-state index contributed by atoms with van der Waals surface area (Å²) in [5, 5.41) is 0. The minimum absolute atomic E-state index is 0.354. The molecular formula is C5H8Sn. The van der Waals surface area contributed by atoms with Crippen molar-refractivity contribution in [1.29, 1.82) is 0 Å². The number of allylic oxidation sites excluding steroid dienone is 2. The van der Waals surface area contributed by atoms with Crippen molar-refractivity contribution in [3.05, 3.63) is 19.8 Å². The van der Waals surface area contributed by atoms with E-state index in [-0.39, 0.29) is 21.1 Å². The van der Waals surface area contributed by atoms with Crippen LogP contribution in [0, 0.1) is 0 Å². The van der Waals surface area contributed by atoms with Crippen LogP contribution >= 0.6 is 0 Å². The molecule has 1 aliphatic heterocycles. The third-order valence-electron chi connectivity index (χ3n) is 0.957. The summed E-state index contributed by atoms with van der Waals surface area (Å²) in [6.07, 6.45) is 2.23. The molecule has 0 unspecified atom stereocenters. The molecule has 0 saturated heterocycles. The van der Waals surface area contributed by atoms with Crippen LogP contribution in [0.3, 0.4) is 0 Å². The van der Waals surface area contributed by atoms with Crippen LogP contribution in [-0.2, 0) is 0 Å². The first-order chi connectivity index (χ1) is 2.89. The van der Waals surface area contributed by atoms with E-state index in [1.54, 1.807) is 0 Å². The van der Waals surface area contributed by atoms with E-state index in [1.807, 2.05) is 0 Å². The maximum absolute atomic E-state index is 2.42. The second-order valence-corrected chi connectivity index (χ2v) is 5.44. The molecule has 6 heavy (non-hydrogen) atoms. The van der Waals surface area contributed by atoms with Gasteiger partial charge in [0.05, 0.1) is 0 Å². The van der Waals surface area contributed by atoms with E-state index in [1.165, 1.54) is 5.57 Å². The molecule has 0 aromatic heterocycles. The van der Waals surface area contributed by atoms with Gasteiger partial charge in [0.1, 0.15) is 0 Å². The predicted octanol–water partition coefficient (Wildman–Crippen LogP) is 0.586. The number of rotatable bonds is 0. The first-order valence-electron chi connectivity index (χ1n) is 2.23. The molecule has 0 aromatic carbocycles. The molecule has 1 aliphatic rings. The molecule has 0 aliphatic carbocycles. The summed E-state index contributed by atoms with van der Waals surface area (Å²) in [7, 11) is 0. The Kier molecular flexibility index (Phi) is 1.35. The van der Waals surface area contributed by atoms with Crippen molar-refractivity contribution in [2.45, 2.75) is 6.92 Å². The van der Waals surface area contributed by atoms with E-state index in [4.69, 9.17) is 0 Å². The van der Waals surface area contributed by atoms with Crippen LogP contribution in [0.4, 0.5) is 0 Å². The summed E-state index contributed by atoms with van der Waals surface area (Å²) in [5.74, 6) is 0. The fourth-order valence-corrected chi connectivity index (χ4v) is 3.86. The van der Waals surface area contributed by atoms with Gasteiger partial charge in [0, 0.05) is 0 Å². The molecule has 1 rings (SSSR count). The summed E-state index contributed by atoms with van der Waals surface area (Å²) in [4.78, 5) is 0. The van der Waals surface area contributed by atoms with Crippen molar-refractivity contribution < 1.29 is 0 Å². The molecule has 0 atom stereocenters. The van der Waals surface area contributed by atoms with Crippen molar-refractivity contribution in [2.75, 3.05) is 0 Å². The van der Waals surface area contributed by atoms with E-state index >= 15 is 0 Å². The number of hydrogen-bond acceptors (Lipinski definition) is 0. The van der Waals surface area contributed by atoms with Gasteiger partial charge in [0.15, 0.2) is 0 Å². The van der Waals surface area contributed by atoms with E-state index < -0.39 is 0 Å². The van der Waals surface area contributed by atoms with Gasteiger partial charge in [-0.05, 0) is 0 Å². The van der Waals surface area contributed by atoms with Gasteiger partial charge in [0.2, 0.25) is 0 Å². The topological polar surface area (TPSA) is 0 Å². The Hall–Kier alpha value is 0.279. The molecule has 1 heteroatoms. The van der Waals surface area contributed by atoms with Gasteiger partial charge in [-0.25, -0.2) is 0 Å². The second-order valence-electron chi connectivity index (χ2n) is 1.59. The van der Waals surface area contributed by atoms with E-state index in [0.717, 1.165) is 0 Å². The Labute approximate surface area is 48.2 Å². The normalized spacial score (nSPS) is 22.5. The van der Waals surface area contributed by atoms with Gasteiger partial charge >= 0.3 is 47.9 Å². The van der Waals surface area contributed by atoms with Crippen molar-refractivity contribution >= 4 is 21.1 Å². The Balaban J connectivity index is 2.68. The number of hydrogen-bond donors (Lipinski definition) is 0. The first-order valence-corrected chi connectivity index (χ1v) is 6.89. The van der Waals surface area contributed by atoms with E-state index in [9.17, 15) is 0 Å². The minimum atomic E-state index is -0.354. The third kappa shape index (κ3) is 0.868. The molecule has 0 fully saturated rings. The van der Waals surface area contributed by atoms with Crippen molar-refractivity contribution in [2.24, 2.45) is 0 Å². The van der Waals surface area contributed by atoms with Crippen LogP contribution in [0.5, 0.6) is 0 Å². The second kappa shape index (κ2) is 1.82. The van der Waals surface area contributed by atoms with Gasteiger partial charge in [-0.1, -0.05) is 0 Å². The van der Waals surface area contributed by atoms with Gasteiger partial charge in [-0.15, -0.1) is 0 Å². The summed E-state index contributed by atoms with van der Waals surface area (Å²) in [6.45, 7) is 2.17. The van der Waals surface area contributed by atoms with Crippen LogP contribution < -0.4 is 0 Å². The third-order valence-corrected chi connectivity index (χ3v) is 4.92. The molecule has 32 valence electrons. The molecule has 0 N–H and O–H groups in total. The summed E-state index contributed by atoms with van der Waals surface area (Å²) < 4.78 is 4.79. The Morgan fingerprint density at radius 2 is 2.50 bits per heavy atom.